The third-order valence-corrected chi connectivity index (χ3v) is 4.04. The van der Waals surface area contributed by atoms with Gasteiger partial charge in [-0.25, -0.2) is 0 Å². The standard InChI is InChI=1S/C19H22N2O2/c1-13(2)19(18-11-15-5-3-4-6-17(15)23-18)21-12-16(22)14-7-9-20-10-8-14/h3-11,13,16,19,21-22H,12H2,1-2H3. The average Bonchev–Trinajstić information content (AvgIpc) is 2.99. The van der Waals surface area contributed by atoms with E-state index in [0.29, 0.717) is 12.5 Å². The van der Waals surface area contributed by atoms with Crippen LogP contribution in [0.1, 0.15) is 37.3 Å². The number of aliphatic hydroxyl groups excluding tert-OH is 1. The minimum atomic E-state index is -0.566. The van der Waals surface area contributed by atoms with Gasteiger partial charge in [0, 0.05) is 24.3 Å². The highest BCUT2D eigenvalue weighted by Gasteiger charge is 2.21. The molecule has 0 aliphatic heterocycles. The number of rotatable bonds is 6. The van der Waals surface area contributed by atoms with E-state index < -0.39 is 6.10 Å². The highest BCUT2D eigenvalue weighted by Crippen LogP contribution is 2.28. The molecule has 2 atom stereocenters. The molecule has 0 amide bonds. The zero-order valence-corrected chi connectivity index (χ0v) is 13.4. The maximum absolute atomic E-state index is 10.3. The van der Waals surface area contributed by atoms with Gasteiger partial charge in [-0.15, -0.1) is 0 Å². The summed E-state index contributed by atoms with van der Waals surface area (Å²) < 4.78 is 5.98. The Hall–Kier alpha value is -2.17. The number of benzene rings is 1. The molecule has 0 aliphatic carbocycles. The normalized spacial score (nSPS) is 14.3. The monoisotopic (exact) mass is 310 g/mol. The summed E-state index contributed by atoms with van der Waals surface area (Å²) >= 11 is 0. The molecule has 2 heterocycles. The van der Waals surface area contributed by atoms with Gasteiger partial charge in [-0.3, -0.25) is 4.98 Å². The maximum Gasteiger partial charge on any atom is 0.134 e. The molecule has 0 aliphatic rings. The molecule has 0 spiro atoms. The Morgan fingerprint density at radius 3 is 2.57 bits per heavy atom. The smallest absolute Gasteiger partial charge is 0.134 e. The van der Waals surface area contributed by atoms with E-state index in [9.17, 15) is 5.11 Å². The van der Waals surface area contributed by atoms with E-state index in [0.717, 1.165) is 22.3 Å². The van der Waals surface area contributed by atoms with Crippen LogP contribution < -0.4 is 5.32 Å². The summed E-state index contributed by atoms with van der Waals surface area (Å²) in [7, 11) is 0. The van der Waals surface area contributed by atoms with Gasteiger partial charge >= 0.3 is 0 Å². The summed E-state index contributed by atoms with van der Waals surface area (Å²) in [6.45, 7) is 4.75. The molecule has 0 radical (unpaired) electrons. The molecule has 4 nitrogen and oxygen atoms in total. The molecule has 2 aromatic heterocycles. The van der Waals surface area contributed by atoms with Crippen molar-refractivity contribution in [3.63, 3.8) is 0 Å². The largest absolute Gasteiger partial charge is 0.459 e. The molecule has 4 heteroatoms. The Morgan fingerprint density at radius 2 is 1.87 bits per heavy atom. The second kappa shape index (κ2) is 6.94. The van der Waals surface area contributed by atoms with E-state index in [1.165, 1.54) is 0 Å². The van der Waals surface area contributed by atoms with Crippen molar-refractivity contribution in [2.75, 3.05) is 6.54 Å². The first-order chi connectivity index (χ1) is 11.1. The summed E-state index contributed by atoms with van der Waals surface area (Å²) in [6, 6.07) is 13.8. The van der Waals surface area contributed by atoms with Gasteiger partial charge in [-0.2, -0.15) is 0 Å². The van der Waals surface area contributed by atoms with E-state index in [-0.39, 0.29) is 6.04 Å². The Morgan fingerprint density at radius 1 is 1.13 bits per heavy atom. The zero-order chi connectivity index (χ0) is 16.2. The number of aliphatic hydroxyl groups is 1. The van der Waals surface area contributed by atoms with E-state index in [2.05, 4.69) is 30.2 Å². The molecule has 2 N–H and O–H groups in total. The van der Waals surface area contributed by atoms with Gasteiger partial charge in [0.25, 0.3) is 0 Å². The Labute approximate surface area is 136 Å². The number of nitrogens with one attached hydrogen (secondary N) is 1. The molecule has 3 rings (SSSR count). The van der Waals surface area contributed by atoms with E-state index in [1.54, 1.807) is 12.4 Å². The lowest BCUT2D eigenvalue weighted by molar-refractivity contribution is 0.163. The van der Waals surface area contributed by atoms with Gasteiger partial charge in [-0.05, 0) is 35.7 Å². The first kappa shape index (κ1) is 15.7. The van der Waals surface area contributed by atoms with Crippen molar-refractivity contribution in [3.05, 3.63) is 66.2 Å². The maximum atomic E-state index is 10.3. The predicted octanol–water partition coefficient (Wildman–Crippen LogP) is 3.85. The quantitative estimate of drug-likeness (QED) is 0.726. The van der Waals surface area contributed by atoms with E-state index in [1.807, 2.05) is 36.4 Å². The molecule has 120 valence electrons. The topological polar surface area (TPSA) is 58.3 Å². The second-order valence-electron chi connectivity index (χ2n) is 6.11. The van der Waals surface area contributed by atoms with Crippen LogP contribution in [-0.4, -0.2) is 16.6 Å². The van der Waals surface area contributed by atoms with Gasteiger partial charge in [0.05, 0.1) is 12.1 Å². The van der Waals surface area contributed by atoms with Crippen LogP contribution in [0.2, 0.25) is 0 Å². The zero-order valence-electron chi connectivity index (χ0n) is 13.4. The number of furan rings is 1. The highest BCUT2D eigenvalue weighted by atomic mass is 16.3. The van der Waals surface area contributed by atoms with E-state index >= 15 is 0 Å². The fourth-order valence-corrected chi connectivity index (χ4v) is 2.76. The molecular formula is C19H22N2O2. The summed E-state index contributed by atoms with van der Waals surface area (Å²) in [6.07, 6.45) is 2.82. The molecule has 0 fully saturated rings. The van der Waals surface area contributed by atoms with Gasteiger partial charge in [0.1, 0.15) is 11.3 Å². The van der Waals surface area contributed by atoms with Crippen LogP contribution in [0.15, 0.2) is 59.3 Å². The highest BCUT2D eigenvalue weighted by molar-refractivity contribution is 5.77. The number of hydrogen-bond donors (Lipinski definition) is 2. The van der Waals surface area contributed by atoms with Crippen molar-refractivity contribution in [1.82, 2.24) is 10.3 Å². The van der Waals surface area contributed by atoms with Crippen molar-refractivity contribution in [2.45, 2.75) is 26.0 Å². The lowest BCUT2D eigenvalue weighted by atomic mass is 10.0. The third-order valence-electron chi connectivity index (χ3n) is 4.04. The van der Waals surface area contributed by atoms with Gasteiger partial charge in [0.15, 0.2) is 0 Å². The van der Waals surface area contributed by atoms with Crippen LogP contribution in [0.5, 0.6) is 0 Å². The van der Waals surface area contributed by atoms with Crippen molar-refractivity contribution < 1.29 is 9.52 Å². The SMILES string of the molecule is CC(C)C(NCC(O)c1ccncc1)c1cc2ccccc2o1. The first-order valence-corrected chi connectivity index (χ1v) is 7.95. The predicted molar refractivity (Wildman–Crippen MR) is 91.0 cm³/mol. The van der Waals surface area contributed by atoms with Crippen LogP contribution in [0, 0.1) is 5.92 Å². The lowest BCUT2D eigenvalue weighted by Gasteiger charge is -2.22. The lowest BCUT2D eigenvalue weighted by Crippen LogP contribution is -2.29. The van der Waals surface area contributed by atoms with Crippen molar-refractivity contribution in [3.8, 4) is 0 Å². The van der Waals surface area contributed by atoms with Crippen LogP contribution in [0.4, 0.5) is 0 Å². The Bertz CT molecular complexity index is 719. The number of fused-ring (bicyclic) bond motifs is 1. The number of aromatic nitrogens is 1. The summed E-state index contributed by atoms with van der Waals surface area (Å²) in [5, 5.41) is 14.8. The molecule has 0 saturated carbocycles. The first-order valence-electron chi connectivity index (χ1n) is 7.95. The van der Waals surface area contributed by atoms with Crippen molar-refractivity contribution in [1.29, 1.82) is 0 Å². The number of nitrogens with zero attached hydrogens (tertiary/aromatic N) is 1. The second-order valence-corrected chi connectivity index (χ2v) is 6.11. The summed E-state index contributed by atoms with van der Waals surface area (Å²) in [4.78, 5) is 3.98. The van der Waals surface area contributed by atoms with Crippen molar-refractivity contribution >= 4 is 11.0 Å². The number of pyridine rings is 1. The molecule has 2 unspecified atom stereocenters. The number of hydrogen-bond acceptors (Lipinski definition) is 4. The van der Waals surface area contributed by atoms with Gasteiger partial charge in [0.2, 0.25) is 0 Å². The third kappa shape index (κ3) is 3.60. The van der Waals surface area contributed by atoms with Crippen molar-refractivity contribution in [2.24, 2.45) is 5.92 Å². The molecule has 3 aromatic rings. The van der Waals surface area contributed by atoms with E-state index in [4.69, 9.17) is 4.42 Å². The Balaban J connectivity index is 1.74. The van der Waals surface area contributed by atoms with Crippen LogP contribution in [0.3, 0.4) is 0 Å². The summed E-state index contributed by atoms with van der Waals surface area (Å²) in [5.74, 6) is 1.25. The van der Waals surface area contributed by atoms with Crippen LogP contribution in [-0.2, 0) is 0 Å². The minimum absolute atomic E-state index is 0.0545. The van der Waals surface area contributed by atoms with Gasteiger partial charge in [-0.1, -0.05) is 32.0 Å². The van der Waals surface area contributed by atoms with Gasteiger partial charge < -0.3 is 14.8 Å². The fourth-order valence-electron chi connectivity index (χ4n) is 2.76. The molecule has 23 heavy (non-hydrogen) atoms. The van der Waals surface area contributed by atoms with Crippen LogP contribution >= 0.6 is 0 Å². The Kier molecular flexibility index (Phi) is 4.74. The molecule has 1 aromatic carbocycles. The van der Waals surface area contributed by atoms with Crippen LogP contribution in [0.25, 0.3) is 11.0 Å². The number of para-hydroxylation sites is 1. The summed E-state index contributed by atoms with van der Waals surface area (Å²) in [5.41, 5.74) is 1.75. The molecule has 0 saturated heterocycles. The fraction of sp³-hybridized carbons (Fsp3) is 0.316. The average molecular weight is 310 g/mol. The molecule has 0 bridgehead atoms. The molecular weight excluding hydrogens is 288 g/mol. The minimum Gasteiger partial charge on any atom is -0.459 e.